The molecule has 1 aromatic rings. The molecule has 0 radical (unpaired) electrons. The summed E-state index contributed by atoms with van der Waals surface area (Å²) in [5.74, 6) is -0.545. The zero-order valence-electron chi connectivity index (χ0n) is 11.1. The number of para-hydroxylation sites is 1. The molecule has 5 nitrogen and oxygen atoms in total. The van der Waals surface area contributed by atoms with Gasteiger partial charge in [0.1, 0.15) is 0 Å². The molecule has 1 aliphatic rings. The normalized spacial score (nSPS) is 14.6. The largest absolute Gasteiger partial charge is 0.330 e. The molecule has 0 atom stereocenters. The van der Waals surface area contributed by atoms with Crippen molar-refractivity contribution in [2.24, 2.45) is 0 Å². The molecule has 0 bridgehead atoms. The van der Waals surface area contributed by atoms with Crippen molar-refractivity contribution in [3.05, 3.63) is 46.0 Å². The number of benzene rings is 1. The fourth-order valence-electron chi connectivity index (χ4n) is 2.01. The van der Waals surface area contributed by atoms with E-state index in [1.54, 1.807) is 6.07 Å². The van der Waals surface area contributed by atoms with Gasteiger partial charge in [0, 0.05) is 18.2 Å². The van der Waals surface area contributed by atoms with Crippen molar-refractivity contribution in [3.8, 4) is 0 Å². The third-order valence-corrected chi connectivity index (χ3v) is 3.14. The Kier molecular flexibility index (Phi) is 4.62. The summed E-state index contributed by atoms with van der Waals surface area (Å²) in [5.41, 5.74) is 0.136. The predicted octanol–water partition coefficient (Wildman–Crippen LogP) is 2.86. The molecule has 0 heterocycles. The summed E-state index contributed by atoms with van der Waals surface area (Å²) < 4.78 is 24.9. The van der Waals surface area contributed by atoms with Crippen LogP contribution < -0.4 is 0 Å². The number of carbonyl (C=O) groups is 1. The van der Waals surface area contributed by atoms with E-state index >= 15 is 0 Å². The van der Waals surface area contributed by atoms with E-state index in [0.29, 0.717) is 0 Å². The summed E-state index contributed by atoms with van der Waals surface area (Å²) in [6.45, 7) is -0.606. The Morgan fingerprint density at radius 2 is 2.10 bits per heavy atom. The van der Waals surface area contributed by atoms with Gasteiger partial charge >= 0.3 is 0 Å². The van der Waals surface area contributed by atoms with Crippen LogP contribution in [0.2, 0.25) is 0 Å². The Morgan fingerprint density at radius 3 is 2.67 bits per heavy atom. The fourth-order valence-corrected chi connectivity index (χ4v) is 2.01. The van der Waals surface area contributed by atoms with Gasteiger partial charge in [0.15, 0.2) is 0 Å². The number of alkyl halides is 2. The molecule has 21 heavy (non-hydrogen) atoms. The average Bonchev–Trinajstić information content (AvgIpc) is 3.26. The minimum absolute atomic E-state index is 0.131. The lowest BCUT2D eigenvalue weighted by molar-refractivity contribution is -0.385. The van der Waals surface area contributed by atoms with Crippen LogP contribution in [0.15, 0.2) is 30.3 Å². The molecule has 0 saturated heterocycles. The number of carbonyl (C=O) groups excluding carboxylic acids is 1. The van der Waals surface area contributed by atoms with Gasteiger partial charge in [0.2, 0.25) is 5.91 Å². The summed E-state index contributed by atoms with van der Waals surface area (Å²) >= 11 is 0. The highest BCUT2D eigenvalue weighted by Crippen LogP contribution is 2.28. The third-order valence-electron chi connectivity index (χ3n) is 3.14. The summed E-state index contributed by atoms with van der Waals surface area (Å²) in [7, 11) is 0. The summed E-state index contributed by atoms with van der Waals surface area (Å²) in [5, 5.41) is 10.8. The van der Waals surface area contributed by atoms with Gasteiger partial charge < -0.3 is 4.90 Å². The number of nitro benzene ring substituents is 1. The van der Waals surface area contributed by atoms with Crippen molar-refractivity contribution in [2.75, 3.05) is 6.54 Å². The minimum Gasteiger partial charge on any atom is -0.330 e. The number of nitrogens with zero attached hydrogens (tertiary/aromatic N) is 2. The van der Waals surface area contributed by atoms with Crippen LogP contribution in [0.25, 0.3) is 6.08 Å². The number of rotatable bonds is 6. The standard InChI is InChI=1S/C14H14F2N2O3/c15-13(16)9-17(11-6-7-11)14(19)8-5-10-3-1-2-4-12(10)18(20)21/h1-5,8,11,13H,6-7,9H2. The van der Waals surface area contributed by atoms with Crippen molar-refractivity contribution in [1.29, 1.82) is 0 Å². The van der Waals surface area contributed by atoms with Gasteiger partial charge in [-0.15, -0.1) is 0 Å². The van der Waals surface area contributed by atoms with E-state index < -0.39 is 23.8 Å². The highest BCUT2D eigenvalue weighted by Gasteiger charge is 2.33. The Hall–Kier alpha value is -2.31. The lowest BCUT2D eigenvalue weighted by Gasteiger charge is -2.19. The van der Waals surface area contributed by atoms with E-state index in [9.17, 15) is 23.7 Å². The van der Waals surface area contributed by atoms with Crippen molar-refractivity contribution in [3.63, 3.8) is 0 Å². The zero-order valence-corrected chi connectivity index (χ0v) is 11.1. The molecule has 112 valence electrons. The summed E-state index contributed by atoms with van der Waals surface area (Å²) in [6, 6.07) is 5.81. The molecule has 0 N–H and O–H groups in total. The summed E-state index contributed by atoms with van der Waals surface area (Å²) in [6.07, 6.45) is 1.26. The molecule has 1 amide bonds. The van der Waals surface area contributed by atoms with E-state index in [4.69, 9.17) is 0 Å². The average molecular weight is 296 g/mol. The Balaban J connectivity index is 2.12. The predicted molar refractivity (Wildman–Crippen MR) is 72.9 cm³/mol. The van der Waals surface area contributed by atoms with Gasteiger partial charge in [-0.25, -0.2) is 8.78 Å². The number of halogens is 2. The van der Waals surface area contributed by atoms with Gasteiger partial charge in [-0.05, 0) is 25.0 Å². The Morgan fingerprint density at radius 1 is 1.43 bits per heavy atom. The monoisotopic (exact) mass is 296 g/mol. The molecule has 0 spiro atoms. The first kappa shape index (κ1) is 15.1. The maximum absolute atomic E-state index is 12.5. The zero-order chi connectivity index (χ0) is 15.4. The SMILES string of the molecule is O=C(C=Cc1ccccc1[N+](=O)[O-])N(CC(F)F)C1CC1. The second kappa shape index (κ2) is 6.43. The van der Waals surface area contributed by atoms with Crippen molar-refractivity contribution in [1.82, 2.24) is 4.90 Å². The first-order valence-corrected chi connectivity index (χ1v) is 6.49. The van der Waals surface area contributed by atoms with Crippen LogP contribution in [0.1, 0.15) is 18.4 Å². The van der Waals surface area contributed by atoms with Crippen LogP contribution in [-0.2, 0) is 4.79 Å². The van der Waals surface area contributed by atoms with Crippen LogP contribution in [0.3, 0.4) is 0 Å². The van der Waals surface area contributed by atoms with Crippen LogP contribution in [0.5, 0.6) is 0 Å². The quantitative estimate of drug-likeness (QED) is 0.460. The van der Waals surface area contributed by atoms with Gasteiger partial charge in [-0.1, -0.05) is 12.1 Å². The van der Waals surface area contributed by atoms with E-state index in [1.807, 2.05) is 0 Å². The Labute approximate surface area is 120 Å². The topological polar surface area (TPSA) is 63.4 Å². The molecular weight excluding hydrogens is 282 g/mol. The Bertz CT molecular complexity index is 571. The van der Waals surface area contributed by atoms with E-state index in [0.717, 1.165) is 23.8 Å². The highest BCUT2D eigenvalue weighted by molar-refractivity contribution is 5.92. The number of amides is 1. The smallest absolute Gasteiger partial charge is 0.276 e. The van der Waals surface area contributed by atoms with Crippen LogP contribution >= 0.6 is 0 Å². The van der Waals surface area contributed by atoms with Crippen LogP contribution in [-0.4, -0.2) is 34.7 Å². The number of hydrogen-bond donors (Lipinski definition) is 0. The molecule has 1 aromatic carbocycles. The van der Waals surface area contributed by atoms with E-state index in [2.05, 4.69) is 0 Å². The van der Waals surface area contributed by atoms with Gasteiger partial charge in [0.05, 0.1) is 17.0 Å². The second-order valence-electron chi connectivity index (χ2n) is 4.76. The molecular formula is C14H14F2N2O3. The minimum atomic E-state index is -2.59. The molecule has 0 aromatic heterocycles. The maximum Gasteiger partial charge on any atom is 0.276 e. The van der Waals surface area contributed by atoms with Crippen molar-refractivity contribution >= 4 is 17.7 Å². The fraction of sp³-hybridized carbons (Fsp3) is 0.357. The lowest BCUT2D eigenvalue weighted by atomic mass is 10.1. The molecule has 1 saturated carbocycles. The molecule has 7 heteroatoms. The highest BCUT2D eigenvalue weighted by atomic mass is 19.3. The van der Waals surface area contributed by atoms with Crippen molar-refractivity contribution < 1.29 is 18.5 Å². The van der Waals surface area contributed by atoms with Crippen LogP contribution in [0, 0.1) is 10.1 Å². The number of hydrogen-bond acceptors (Lipinski definition) is 3. The van der Waals surface area contributed by atoms with Gasteiger partial charge in [-0.3, -0.25) is 14.9 Å². The second-order valence-corrected chi connectivity index (χ2v) is 4.76. The van der Waals surface area contributed by atoms with E-state index in [-0.39, 0.29) is 17.3 Å². The molecule has 1 aliphatic carbocycles. The van der Waals surface area contributed by atoms with Crippen LogP contribution in [0.4, 0.5) is 14.5 Å². The van der Waals surface area contributed by atoms with Gasteiger partial charge in [-0.2, -0.15) is 0 Å². The first-order valence-electron chi connectivity index (χ1n) is 6.49. The molecule has 1 fully saturated rings. The molecule has 0 unspecified atom stereocenters. The van der Waals surface area contributed by atoms with Crippen molar-refractivity contribution in [2.45, 2.75) is 25.3 Å². The lowest BCUT2D eigenvalue weighted by Crippen LogP contribution is -2.35. The maximum atomic E-state index is 12.5. The third kappa shape index (κ3) is 4.08. The summed E-state index contributed by atoms with van der Waals surface area (Å²) in [4.78, 5) is 23.4. The van der Waals surface area contributed by atoms with E-state index in [1.165, 1.54) is 24.3 Å². The van der Waals surface area contributed by atoms with Gasteiger partial charge in [0.25, 0.3) is 12.1 Å². The molecule has 2 rings (SSSR count). The number of nitro groups is 1. The molecule has 0 aliphatic heterocycles. The first-order chi connectivity index (χ1) is 9.99.